The third-order valence-electron chi connectivity index (χ3n) is 8.46. The van der Waals surface area contributed by atoms with Crippen molar-refractivity contribution in [1.29, 1.82) is 0 Å². The molecular weight excluding hydrogens is 506 g/mol. The van der Waals surface area contributed by atoms with Crippen LogP contribution in [-0.4, -0.2) is 53.8 Å². The van der Waals surface area contributed by atoms with Crippen LogP contribution in [0.2, 0.25) is 0 Å². The monoisotopic (exact) mass is 539 g/mol. The third kappa shape index (κ3) is 4.70. The minimum Gasteiger partial charge on any atom is -0.369 e. The van der Waals surface area contributed by atoms with Gasteiger partial charge < -0.3 is 20.4 Å². The first-order valence-electron chi connectivity index (χ1n) is 13.9. The molecule has 2 fully saturated rings. The van der Waals surface area contributed by atoms with Crippen molar-refractivity contribution in [3.8, 4) is 11.3 Å². The number of piperidine rings is 1. The molecule has 1 amide bonds. The average Bonchev–Trinajstić information content (AvgIpc) is 3.74. The number of nitrogens with one attached hydrogen (secondary N) is 3. The molecule has 2 aromatic heterocycles. The number of nitrogens with zero attached hydrogens (tertiary/aromatic N) is 4. The Bertz CT molecular complexity index is 1470. The first kappa shape index (κ1) is 24.4. The van der Waals surface area contributed by atoms with Gasteiger partial charge in [0.05, 0.1) is 17.1 Å². The van der Waals surface area contributed by atoms with Crippen LogP contribution in [0.25, 0.3) is 11.3 Å². The number of aromatic nitrogens is 3. The summed E-state index contributed by atoms with van der Waals surface area (Å²) in [7, 11) is 0. The molecule has 0 saturated carbocycles. The minimum absolute atomic E-state index is 0.162. The van der Waals surface area contributed by atoms with Gasteiger partial charge in [0.15, 0.2) is 5.13 Å². The zero-order valence-corrected chi connectivity index (χ0v) is 22.8. The quantitative estimate of drug-likeness (QED) is 0.333. The van der Waals surface area contributed by atoms with Crippen molar-refractivity contribution in [2.24, 2.45) is 5.41 Å². The lowest BCUT2D eigenvalue weighted by molar-refractivity contribution is 0.102. The van der Waals surface area contributed by atoms with Crippen LogP contribution in [0, 0.1) is 5.41 Å². The maximum atomic E-state index is 13.4. The Morgan fingerprint density at radius 2 is 1.90 bits per heavy atom. The Balaban J connectivity index is 1.07. The molecule has 4 aromatic rings. The van der Waals surface area contributed by atoms with E-state index in [0.29, 0.717) is 11.1 Å². The molecule has 3 N–H and O–H groups in total. The minimum atomic E-state index is -0.162. The van der Waals surface area contributed by atoms with Crippen molar-refractivity contribution in [1.82, 2.24) is 20.5 Å². The second-order valence-electron chi connectivity index (χ2n) is 11.0. The molecule has 0 radical (unpaired) electrons. The summed E-state index contributed by atoms with van der Waals surface area (Å²) in [4.78, 5) is 22.8. The normalized spacial score (nSPS) is 20.8. The van der Waals surface area contributed by atoms with Crippen molar-refractivity contribution in [2.75, 3.05) is 47.8 Å². The van der Waals surface area contributed by atoms with E-state index in [1.54, 1.807) is 0 Å². The Labute approximate surface area is 232 Å². The predicted octanol–water partition coefficient (Wildman–Crippen LogP) is 4.93. The molecule has 8 nitrogen and oxygen atoms in total. The molecule has 1 unspecified atom stereocenters. The van der Waals surface area contributed by atoms with Gasteiger partial charge in [0, 0.05) is 66.8 Å². The Hall–Kier alpha value is -3.69. The standard InChI is InChI=1S/C30H33N7OS/c38-28(32-24-9-4-5-10-26(24)37-15-6-12-30(20-37)13-14-31-19-30)25-18-39-29(33-25)36-16-11-23-22(17-36)27(35-34-23)21-7-2-1-3-8-21/h1-5,7-10,18,31H,6,11-17,19-20H2,(H,32,38)(H,34,35). The number of carbonyl (C=O) groups excluding carboxylic acids is 1. The largest absolute Gasteiger partial charge is 0.369 e. The summed E-state index contributed by atoms with van der Waals surface area (Å²) < 4.78 is 0. The number of rotatable bonds is 5. The van der Waals surface area contributed by atoms with E-state index in [4.69, 9.17) is 4.98 Å². The van der Waals surface area contributed by atoms with E-state index in [2.05, 4.69) is 54.9 Å². The van der Waals surface area contributed by atoms with Gasteiger partial charge in [-0.25, -0.2) is 4.98 Å². The summed E-state index contributed by atoms with van der Waals surface area (Å²) in [5.74, 6) is -0.162. The first-order valence-corrected chi connectivity index (χ1v) is 14.7. The maximum Gasteiger partial charge on any atom is 0.275 e. The van der Waals surface area contributed by atoms with Crippen molar-refractivity contribution in [3.63, 3.8) is 0 Å². The lowest BCUT2D eigenvalue weighted by Crippen LogP contribution is -2.44. The van der Waals surface area contributed by atoms with Gasteiger partial charge in [-0.2, -0.15) is 5.10 Å². The molecule has 2 aromatic carbocycles. The summed E-state index contributed by atoms with van der Waals surface area (Å²) in [6.07, 6.45) is 4.55. The molecule has 0 bridgehead atoms. The number of hydrogen-bond acceptors (Lipinski definition) is 7. The highest BCUT2D eigenvalue weighted by Crippen LogP contribution is 2.39. The SMILES string of the molecule is O=C(Nc1ccccc1N1CCCC2(CCNC2)C1)c1csc(N2CCc3[nH]nc(-c4ccccc4)c3C2)n1. The fraction of sp³-hybridized carbons (Fsp3) is 0.367. The number of aromatic amines is 1. The fourth-order valence-electron chi connectivity index (χ4n) is 6.41. The van der Waals surface area contributed by atoms with Crippen LogP contribution >= 0.6 is 11.3 Å². The summed E-state index contributed by atoms with van der Waals surface area (Å²) in [6.45, 7) is 5.80. The van der Waals surface area contributed by atoms with Crippen LogP contribution in [0.15, 0.2) is 60.0 Å². The number of thiazole rings is 1. The average molecular weight is 540 g/mol. The van der Waals surface area contributed by atoms with E-state index in [9.17, 15) is 4.79 Å². The van der Waals surface area contributed by atoms with E-state index >= 15 is 0 Å². The molecule has 200 valence electrons. The Morgan fingerprint density at radius 3 is 2.77 bits per heavy atom. The number of amides is 1. The number of fused-ring (bicyclic) bond motifs is 1. The lowest BCUT2D eigenvalue weighted by Gasteiger charge is -2.41. The number of hydrogen-bond donors (Lipinski definition) is 3. The number of benzene rings is 2. The number of para-hydroxylation sites is 2. The van der Waals surface area contributed by atoms with Gasteiger partial charge in [-0.15, -0.1) is 11.3 Å². The van der Waals surface area contributed by atoms with E-state index < -0.39 is 0 Å². The van der Waals surface area contributed by atoms with Gasteiger partial charge >= 0.3 is 0 Å². The van der Waals surface area contributed by atoms with Crippen LogP contribution < -0.4 is 20.4 Å². The molecule has 2 saturated heterocycles. The second kappa shape index (κ2) is 10.1. The number of carbonyl (C=O) groups is 1. The second-order valence-corrected chi connectivity index (χ2v) is 11.8. The topological polar surface area (TPSA) is 89.2 Å². The van der Waals surface area contributed by atoms with Crippen LogP contribution in [0.4, 0.5) is 16.5 Å². The fourth-order valence-corrected chi connectivity index (χ4v) is 7.24. The van der Waals surface area contributed by atoms with E-state index in [0.717, 1.165) is 73.5 Å². The number of anilines is 3. The van der Waals surface area contributed by atoms with Crippen LogP contribution in [0.1, 0.15) is 41.0 Å². The van der Waals surface area contributed by atoms with Crippen molar-refractivity contribution >= 4 is 33.8 Å². The highest BCUT2D eigenvalue weighted by Gasteiger charge is 2.38. The summed E-state index contributed by atoms with van der Waals surface area (Å²) in [5, 5.41) is 17.3. The molecule has 1 atom stereocenters. The maximum absolute atomic E-state index is 13.4. The molecule has 3 aliphatic heterocycles. The van der Waals surface area contributed by atoms with Gasteiger partial charge in [0.25, 0.3) is 5.91 Å². The molecule has 0 aliphatic carbocycles. The van der Waals surface area contributed by atoms with Gasteiger partial charge in [0.2, 0.25) is 0 Å². The Morgan fingerprint density at radius 1 is 1.03 bits per heavy atom. The van der Waals surface area contributed by atoms with Gasteiger partial charge in [0.1, 0.15) is 5.69 Å². The van der Waals surface area contributed by atoms with Gasteiger partial charge in [-0.05, 0) is 37.9 Å². The van der Waals surface area contributed by atoms with Crippen molar-refractivity contribution in [3.05, 3.63) is 76.9 Å². The molecule has 39 heavy (non-hydrogen) atoms. The van der Waals surface area contributed by atoms with Crippen LogP contribution in [0.3, 0.4) is 0 Å². The highest BCUT2D eigenvalue weighted by atomic mass is 32.1. The molecule has 7 rings (SSSR count). The summed E-state index contributed by atoms with van der Waals surface area (Å²) in [5.41, 5.74) is 7.26. The van der Waals surface area contributed by atoms with E-state index in [-0.39, 0.29) is 5.91 Å². The highest BCUT2D eigenvalue weighted by molar-refractivity contribution is 7.14. The Kier molecular flexibility index (Phi) is 6.33. The van der Waals surface area contributed by atoms with Crippen LogP contribution in [0.5, 0.6) is 0 Å². The summed E-state index contributed by atoms with van der Waals surface area (Å²) in [6, 6.07) is 18.5. The zero-order valence-electron chi connectivity index (χ0n) is 21.9. The third-order valence-corrected chi connectivity index (χ3v) is 9.36. The molecule has 3 aliphatic rings. The van der Waals surface area contributed by atoms with Crippen molar-refractivity contribution < 1.29 is 4.79 Å². The predicted molar refractivity (Wildman–Crippen MR) is 157 cm³/mol. The van der Waals surface area contributed by atoms with Crippen molar-refractivity contribution in [2.45, 2.75) is 32.2 Å². The summed E-state index contributed by atoms with van der Waals surface area (Å²) >= 11 is 1.52. The molecule has 5 heterocycles. The lowest BCUT2D eigenvalue weighted by atomic mass is 9.79. The first-order chi connectivity index (χ1) is 19.2. The molecule has 9 heteroatoms. The van der Waals surface area contributed by atoms with E-state index in [1.807, 2.05) is 35.7 Å². The molecular formula is C30H33N7OS. The zero-order chi connectivity index (χ0) is 26.2. The van der Waals surface area contributed by atoms with E-state index in [1.165, 1.54) is 41.9 Å². The van der Waals surface area contributed by atoms with Crippen LogP contribution in [-0.2, 0) is 13.0 Å². The number of H-pyrrole nitrogens is 1. The van der Waals surface area contributed by atoms with Gasteiger partial charge in [-0.3, -0.25) is 9.89 Å². The van der Waals surface area contributed by atoms with Gasteiger partial charge in [-0.1, -0.05) is 42.5 Å². The molecule has 1 spiro atoms. The smallest absolute Gasteiger partial charge is 0.275 e.